The Morgan fingerprint density at radius 3 is 2.56 bits per heavy atom. The smallest absolute Gasteiger partial charge is 0.229 e. The molecule has 1 N–H and O–H groups in total. The summed E-state index contributed by atoms with van der Waals surface area (Å²) in [6.45, 7) is -0.0523. The SMILES string of the molecule is O=C(Nc1ccc(Cl)c(F)c1)C1CC(=O)N(c2ccc(F)cc2F)C1. The Hall–Kier alpha value is -2.54. The van der Waals surface area contributed by atoms with Crippen LogP contribution in [-0.4, -0.2) is 18.4 Å². The van der Waals surface area contributed by atoms with Crippen LogP contribution in [0.4, 0.5) is 24.5 Å². The zero-order valence-corrected chi connectivity index (χ0v) is 13.5. The molecule has 1 aliphatic heterocycles. The molecule has 130 valence electrons. The number of nitrogens with zero attached hydrogens (tertiary/aromatic N) is 1. The third-order valence-corrected chi connectivity index (χ3v) is 4.19. The Labute approximate surface area is 146 Å². The van der Waals surface area contributed by atoms with Gasteiger partial charge in [0.05, 0.1) is 16.6 Å². The lowest BCUT2D eigenvalue weighted by atomic mass is 10.1. The molecular weight excluding hydrogens is 357 g/mol. The van der Waals surface area contributed by atoms with Crippen LogP contribution in [-0.2, 0) is 9.59 Å². The lowest BCUT2D eigenvalue weighted by molar-refractivity contribution is -0.122. The summed E-state index contributed by atoms with van der Waals surface area (Å²) in [5.41, 5.74) is 0.116. The summed E-state index contributed by atoms with van der Waals surface area (Å²) >= 11 is 5.58. The van der Waals surface area contributed by atoms with Gasteiger partial charge in [0.1, 0.15) is 17.5 Å². The van der Waals surface area contributed by atoms with Gasteiger partial charge in [0.25, 0.3) is 0 Å². The van der Waals surface area contributed by atoms with Gasteiger partial charge in [0, 0.05) is 24.7 Å². The molecule has 2 amide bonds. The average molecular weight is 369 g/mol. The van der Waals surface area contributed by atoms with Gasteiger partial charge < -0.3 is 10.2 Å². The van der Waals surface area contributed by atoms with Crippen LogP contribution < -0.4 is 10.2 Å². The van der Waals surface area contributed by atoms with Crippen molar-refractivity contribution in [2.75, 3.05) is 16.8 Å². The maximum absolute atomic E-state index is 13.8. The molecular formula is C17H12ClF3N2O2. The lowest BCUT2D eigenvalue weighted by Gasteiger charge is -2.17. The molecule has 0 bridgehead atoms. The van der Waals surface area contributed by atoms with Crippen molar-refractivity contribution in [1.82, 2.24) is 0 Å². The molecule has 1 heterocycles. The van der Waals surface area contributed by atoms with Gasteiger partial charge in [0.15, 0.2) is 0 Å². The number of carbonyl (C=O) groups excluding carboxylic acids is 2. The summed E-state index contributed by atoms with van der Waals surface area (Å²) in [7, 11) is 0. The van der Waals surface area contributed by atoms with E-state index in [-0.39, 0.29) is 29.4 Å². The van der Waals surface area contributed by atoms with Gasteiger partial charge in [-0.25, -0.2) is 13.2 Å². The first-order valence-electron chi connectivity index (χ1n) is 7.36. The molecule has 1 unspecified atom stereocenters. The van der Waals surface area contributed by atoms with Gasteiger partial charge >= 0.3 is 0 Å². The number of hydrogen-bond donors (Lipinski definition) is 1. The zero-order valence-electron chi connectivity index (χ0n) is 12.7. The molecule has 0 spiro atoms. The first-order chi connectivity index (χ1) is 11.8. The number of benzene rings is 2. The molecule has 0 saturated carbocycles. The van der Waals surface area contributed by atoms with Crippen molar-refractivity contribution in [2.24, 2.45) is 5.92 Å². The first kappa shape index (κ1) is 17.3. The van der Waals surface area contributed by atoms with Crippen molar-refractivity contribution in [2.45, 2.75) is 6.42 Å². The van der Waals surface area contributed by atoms with Crippen molar-refractivity contribution in [1.29, 1.82) is 0 Å². The van der Waals surface area contributed by atoms with Crippen LogP contribution >= 0.6 is 11.6 Å². The molecule has 1 saturated heterocycles. The highest BCUT2D eigenvalue weighted by atomic mass is 35.5. The van der Waals surface area contributed by atoms with Crippen LogP contribution in [0.5, 0.6) is 0 Å². The van der Waals surface area contributed by atoms with E-state index in [1.165, 1.54) is 12.1 Å². The lowest BCUT2D eigenvalue weighted by Crippen LogP contribution is -2.28. The number of halogens is 4. The second-order valence-electron chi connectivity index (χ2n) is 5.62. The molecule has 2 aromatic carbocycles. The van der Waals surface area contributed by atoms with Gasteiger partial charge in [-0.2, -0.15) is 0 Å². The maximum atomic E-state index is 13.8. The highest BCUT2D eigenvalue weighted by Gasteiger charge is 2.36. The molecule has 2 aromatic rings. The fourth-order valence-corrected chi connectivity index (χ4v) is 2.75. The minimum absolute atomic E-state index is 0.0523. The van der Waals surface area contributed by atoms with E-state index >= 15 is 0 Å². The second kappa shape index (κ2) is 6.76. The molecule has 0 aromatic heterocycles. The van der Waals surface area contributed by atoms with E-state index in [4.69, 9.17) is 11.6 Å². The monoisotopic (exact) mass is 368 g/mol. The fourth-order valence-electron chi connectivity index (χ4n) is 2.63. The second-order valence-corrected chi connectivity index (χ2v) is 6.03. The number of anilines is 2. The van der Waals surface area contributed by atoms with Crippen LogP contribution in [0.25, 0.3) is 0 Å². The van der Waals surface area contributed by atoms with Crippen molar-refractivity contribution in [3.05, 3.63) is 58.9 Å². The van der Waals surface area contributed by atoms with E-state index in [0.29, 0.717) is 6.07 Å². The van der Waals surface area contributed by atoms with Crippen LogP contribution in [0, 0.1) is 23.4 Å². The number of amides is 2. The third-order valence-electron chi connectivity index (χ3n) is 3.88. The predicted octanol–water partition coefficient (Wildman–Crippen LogP) is 3.75. The molecule has 1 fully saturated rings. The van der Waals surface area contributed by atoms with Crippen LogP contribution in [0.3, 0.4) is 0 Å². The van der Waals surface area contributed by atoms with Crippen molar-refractivity contribution < 1.29 is 22.8 Å². The van der Waals surface area contributed by atoms with Gasteiger partial charge in [0.2, 0.25) is 11.8 Å². The summed E-state index contributed by atoms with van der Waals surface area (Å²) in [4.78, 5) is 25.5. The fraction of sp³-hybridized carbons (Fsp3) is 0.176. The molecule has 1 aliphatic rings. The minimum atomic E-state index is -0.880. The van der Waals surface area contributed by atoms with E-state index in [1.807, 2.05) is 0 Å². The molecule has 25 heavy (non-hydrogen) atoms. The van der Waals surface area contributed by atoms with Crippen LogP contribution in [0.2, 0.25) is 5.02 Å². The van der Waals surface area contributed by atoms with E-state index in [9.17, 15) is 22.8 Å². The van der Waals surface area contributed by atoms with Crippen molar-refractivity contribution in [3.8, 4) is 0 Å². The van der Waals surface area contributed by atoms with Crippen LogP contribution in [0.15, 0.2) is 36.4 Å². The third kappa shape index (κ3) is 3.61. The highest BCUT2D eigenvalue weighted by Crippen LogP contribution is 2.29. The first-order valence-corrected chi connectivity index (χ1v) is 7.74. The molecule has 0 aliphatic carbocycles. The Bertz CT molecular complexity index is 860. The Kier molecular flexibility index (Phi) is 4.67. The standard InChI is InChI=1S/C17H12ClF3N2O2/c18-12-3-2-11(7-13(12)20)22-17(25)9-5-16(24)23(8-9)15-4-1-10(19)6-14(15)21/h1-4,6-7,9H,5,8H2,(H,22,25). The molecule has 4 nitrogen and oxygen atoms in total. The quantitative estimate of drug-likeness (QED) is 0.897. The normalized spacial score (nSPS) is 17.0. The highest BCUT2D eigenvalue weighted by molar-refractivity contribution is 6.30. The summed E-state index contributed by atoms with van der Waals surface area (Å²) in [6.07, 6.45) is -0.126. The average Bonchev–Trinajstić information content (AvgIpc) is 2.93. The van der Waals surface area contributed by atoms with E-state index in [2.05, 4.69) is 5.32 Å². The maximum Gasteiger partial charge on any atom is 0.229 e. The van der Waals surface area contributed by atoms with Gasteiger partial charge in [-0.15, -0.1) is 0 Å². The van der Waals surface area contributed by atoms with E-state index in [0.717, 1.165) is 23.1 Å². The predicted molar refractivity (Wildman–Crippen MR) is 86.9 cm³/mol. The van der Waals surface area contributed by atoms with E-state index < -0.39 is 35.2 Å². The topological polar surface area (TPSA) is 49.4 Å². The Morgan fingerprint density at radius 1 is 1.12 bits per heavy atom. The van der Waals surface area contributed by atoms with E-state index in [1.54, 1.807) is 0 Å². The molecule has 8 heteroatoms. The Morgan fingerprint density at radius 2 is 1.88 bits per heavy atom. The van der Waals surface area contributed by atoms with Gasteiger partial charge in [-0.3, -0.25) is 9.59 Å². The molecule has 3 rings (SSSR count). The zero-order chi connectivity index (χ0) is 18.1. The van der Waals surface area contributed by atoms with Gasteiger partial charge in [-0.05, 0) is 30.3 Å². The summed E-state index contributed by atoms with van der Waals surface area (Å²) < 4.78 is 40.2. The molecule has 0 radical (unpaired) electrons. The largest absolute Gasteiger partial charge is 0.326 e. The van der Waals surface area contributed by atoms with Crippen molar-refractivity contribution >= 4 is 34.8 Å². The van der Waals surface area contributed by atoms with Gasteiger partial charge in [-0.1, -0.05) is 11.6 Å². The number of nitrogens with one attached hydrogen (secondary N) is 1. The Balaban J connectivity index is 1.73. The minimum Gasteiger partial charge on any atom is -0.326 e. The summed E-state index contributed by atoms with van der Waals surface area (Å²) in [5.74, 6) is -4.01. The van der Waals surface area contributed by atoms with Crippen molar-refractivity contribution in [3.63, 3.8) is 0 Å². The number of hydrogen-bond acceptors (Lipinski definition) is 2. The number of carbonyl (C=O) groups is 2. The van der Waals surface area contributed by atoms with Crippen LogP contribution in [0.1, 0.15) is 6.42 Å². The molecule has 1 atom stereocenters. The number of rotatable bonds is 3. The summed E-state index contributed by atoms with van der Waals surface area (Å²) in [6, 6.07) is 6.65. The summed E-state index contributed by atoms with van der Waals surface area (Å²) in [5, 5.41) is 2.42.